The van der Waals surface area contributed by atoms with Crippen molar-refractivity contribution in [2.24, 2.45) is 5.16 Å². The van der Waals surface area contributed by atoms with E-state index < -0.39 is 40.3 Å². The van der Waals surface area contributed by atoms with Gasteiger partial charge in [-0.25, -0.2) is 9.78 Å². The van der Waals surface area contributed by atoms with Gasteiger partial charge in [-0.05, 0) is 12.3 Å². The Labute approximate surface area is 236 Å². The number of hydrogen-bond acceptors (Lipinski definition) is 13. The van der Waals surface area contributed by atoms with Crippen molar-refractivity contribution in [2.75, 3.05) is 17.7 Å². The number of nitrogen functional groups attached to an aromatic ring is 1. The molecule has 3 amide bonds. The number of rotatable bonds is 10. The zero-order chi connectivity index (χ0) is 27.6. The third-order valence-corrected chi connectivity index (χ3v) is 9.93. The highest BCUT2D eigenvalue weighted by Crippen LogP contribution is 2.46. The van der Waals surface area contributed by atoms with E-state index in [2.05, 4.69) is 25.8 Å². The Hall–Kier alpha value is -2.99. The van der Waals surface area contributed by atoms with Crippen molar-refractivity contribution in [2.45, 2.75) is 21.7 Å². The number of nitrogens with zero attached hydrogens (tertiary/aromatic N) is 4. The van der Waals surface area contributed by atoms with Gasteiger partial charge in [0.05, 0.1) is 0 Å². The molecule has 2 aromatic rings. The molecule has 1 fully saturated rings. The summed E-state index contributed by atoms with van der Waals surface area (Å²) in [6.07, 6.45) is 5.52. The summed E-state index contributed by atoms with van der Waals surface area (Å²) in [5.74, 6) is -2.64. The molecule has 13 nitrogen and oxygen atoms in total. The molecule has 0 spiro atoms. The highest BCUT2D eigenvalue weighted by molar-refractivity contribution is 8.06. The Morgan fingerprint density at radius 1 is 1.45 bits per heavy atom. The van der Waals surface area contributed by atoms with Crippen LogP contribution in [-0.4, -0.2) is 78.5 Å². The molecule has 2 aliphatic heterocycles. The molecule has 0 saturated carbocycles. The molecular formula is C20H18ClN7O6S4. The summed E-state index contributed by atoms with van der Waals surface area (Å²) < 4.78 is 0.0272. The number of carbonyl (C=O) groups is 4. The van der Waals surface area contributed by atoms with Gasteiger partial charge in [-0.2, -0.15) is 0 Å². The number of β-lactam (4-membered cyclic amide) rings is 1. The summed E-state index contributed by atoms with van der Waals surface area (Å²) in [5, 5.41) is 26.4. The van der Waals surface area contributed by atoms with Gasteiger partial charge in [0.15, 0.2) is 10.8 Å². The van der Waals surface area contributed by atoms with E-state index in [9.17, 15) is 29.5 Å². The van der Waals surface area contributed by atoms with Crippen LogP contribution < -0.4 is 16.4 Å². The number of carboxylic acid groups (broad SMARTS) is 1. The van der Waals surface area contributed by atoms with E-state index in [4.69, 9.17) is 17.3 Å². The lowest BCUT2D eigenvalue weighted by Crippen LogP contribution is -2.71. The van der Waals surface area contributed by atoms with E-state index in [1.807, 2.05) is 6.26 Å². The number of thiazole rings is 1. The number of pyridine rings is 1. The fourth-order valence-electron chi connectivity index (χ4n) is 3.71. The standard InChI is InChI=1S/C20H18ClN7O6S4/c1-35-16(24-6-29)7-4-23-3-2-8(7)37-9-5-36-18-12(17(31)28(18)13(9)19(32)33)25-15(30)11(27-34)10-14(21)38-20(22)26-10/h2-4,6,12,16,18,34H,5H2,1H3,(H2,22,26)(H,24,29)(H,25,30)(H,32,33)/b27-11-/t12-,16?,18+/m1/s1. The Kier molecular flexibility index (Phi) is 8.71. The molecule has 2 aromatic heterocycles. The number of aromatic nitrogens is 2. The van der Waals surface area contributed by atoms with Crippen LogP contribution in [0.2, 0.25) is 4.34 Å². The molecule has 0 bridgehead atoms. The number of nitrogens with two attached hydrogens (primary N) is 1. The molecule has 18 heteroatoms. The van der Waals surface area contributed by atoms with Crippen LogP contribution in [0.15, 0.2) is 39.1 Å². The Morgan fingerprint density at radius 3 is 2.82 bits per heavy atom. The molecule has 0 aromatic carbocycles. The highest BCUT2D eigenvalue weighted by Gasteiger charge is 2.54. The van der Waals surface area contributed by atoms with Crippen LogP contribution in [0.1, 0.15) is 16.6 Å². The number of oxime groups is 1. The molecule has 0 radical (unpaired) electrons. The van der Waals surface area contributed by atoms with Crippen LogP contribution in [-0.2, 0) is 19.2 Å². The first kappa shape index (κ1) is 28.0. The molecule has 2 aliphatic rings. The van der Waals surface area contributed by atoms with Crippen molar-refractivity contribution in [3.05, 3.63) is 44.7 Å². The number of fused-ring (bicyclic) bond motifs is 1. The number of anilines is 1. The summed E-state index contributed by atoms with van der Waals surface area (Å²) in [6.45, 7) is 0. The van der Waals surface area contributed by atoms with E-state index in [0.29, 0.717) is 21.8 Å². The molecule has 4 heterocycles. The summed E-state index contributed by atoms with van der Waals surface area (Å²) >= 11 is 10.7. The monoisotopic (exact) mass is 615 g/mol. The first-order chi connectivity index (χ1) is 18.2. The zero-order valence-electron chi connectivity index (χ0n) is 19.2. The van der Waals surface area contributed by atoms with E-state index >= 15 is 0 Å². The molecule has 4 rings (SSSR count). The number of carbonyl (C=O) groups excluding carboxylic acids is 3. The van der Waals surface area contributed by atoms with Gasteiger partial charge >= 0.3 is 5.97 Å². The van der Waals surface area contributed by atoms with Crippen molar-refractivity contribution in [3.63, 3.8) is 0 Å². The van der Waals surface area contributed by atoms with Crippen molar-refractivity contribution >= 4 is 93.3 Å². The number of nitrogens with one attached hydrogen (secondary N) is 2. The molecule has 200 valence electrons. The first-order valence-electron chi connectivity index (χ1n) is 10.4. The van der Waals surface area contributed by atoms with Crippen LogP contribution in [0, 0.1) is 0 Å². The number of halogens is 1. The molecule has 3 atom stereocenters. The van der Waals surface area contributed by atoms with Crippen LogP contribution in [0.3, 0.4) is 0 Å². The SMILES string of the molecule is CSC(NC=O)c1cnccc1SC1=C(C(=O)O)N2C(=O)[C@@H](NC(=O)/C(=N\O)c3nc(N)sc3Cl)[C@@H]2SC1. The van der Waals surface area contributed by atoms with Gasteiger partial charge in [-0.15, -0.1) is 23.5 Å². The third-order valence-electron chi connectivity index (χ3n) is 5.35. The van der Waals surface area contributed by atoms with E-state index in [0.717, 1.165) is 16.2 Å². The fraction of sp³-hybridized carbons (Fsp3) is 0.250. The van der Waals surface area contributed by atoms with Crippen LogP contribution >= 0.6 is 58.2 Å². The van der Waals surface area contributed by atoms with Crippen molar-refractivity contribution in [1.29, 1.82) is 0 Å². The quantitative estimate of drug-likeness (QED) is 0.0646. The van der Waals surface area contributed by atoms with Crippen molar-refractivity contribution in [3.8, 4) is 0 Å². The fourth-order valence-corrected chi connectivity index (χ4v) is 7.94. The lowest BCUT2D eigenvalue weighted by atomic mass is 10.0. The number of hydrogen-bond donors (Lipinski definition) is 5. The summed E-state index contributed by atoms with van der Waals surface area (Å²) in [5.41, 5.74) is 5.39. The van der Waals surface area contributed by atoms with Crippen LogP contribution in [0.5, 0.6) is 0 Å². The van der Waals surface area contributed by atoms with Gasteiger partial charge in [-0.3, -0.25) is 24.3 Å². The average Bonchev–Trinajstić information content (AvgIpc) is 3.23. The predicted molar refractivity (Wildman–Crippen MR) is 145 cm³/mol. The largest absolute Gasteiger partial charge is 0.477 e. The maximum atomic E-state index is 13.0. The minimum atomic E-state index is -1.30. The minimum Gasteiger partial charge on any atom is -0.477 e. The van der Waals surface area contributed by atoms with Gasteiger partial charge in [0.2, 0.25) is 6.41 Å². The van der Waals surface area contributed by atoms with E-state index in [-0.39, 0.29) is 26.6 Å². The topological polar surface area (TPSA) is 200 Å². The number of aliphatic carboxylic acids is 1. The maximum Gasteiger partial charge on any atom is 0.353 e. The lowest BCUT2D eigenvalue weighted by molar-refractivity contribution is -0.150. The summed E-state index contributed by atoms with van der Waals surface area (Å²) in [4.78, 5) is 59.3. The third kappa shape index (κ3) is 5.28. The number of thioether (sulfide) groups is 3. The van der Waals surface area contributed by atoms with Crippen LogP contribution in [0.4, 0.5) is 5.13 Å². The van der Waals surface area contributed by atoms with Gasteiger partial charge < -0.3 is 26.7 Å². The first-order valence-corrected chi connectivity index (χ1v) is 14.8. The Morgan fingerprint density at radius 2 is 2.21 bits per heavy atom. The second-order valence-corrected chi connectivity index (χ2v) is 12.3. The average molecular weight is 616 g/mol. The maximum absolute atomic E-state index is 13.0. The lowest BCUT2D eigenvalue weighted by Gasteiger charge is -2.49. The normalized spacial score (nSPS) is 19.9. The van der Waals surface area contributed by atoms with Crippen LogP contribution in [0.25, 0.3) is 0 Å². The predicted octanol–water partition coefficient (Wildman–Crippen LogP) is 1.55. The zero-order valence-corrected chi connectivity index (χ0v) is 23.2. The summed E-state index contributed by atoms with van der Waals surface area (Å²) in [6, 6.07) is 0.625. The molecule has 1 saturated heterocycles. The number of carboxylic acids is 1. The molecule has 1 unspecified atom stereocenters. The molecule has 6 N–H and O–H groups in total. The van der Waals surface area contributed by atoms with Crippen molar-refractivity contribution in [1.82, 2.24) is 25.5 Å². The van der Waals surface area contributed by atoms with Gasteiger partial charge in [0, 0.05) is 33.5 Å². The van der Waals surface area contributed by atoms with Crippen molar-refractivity contribution < 1.29 is 29.5 Å². The second-order valence-electron chi connectivity index (χ2n) is 7.48. The smallest absolute Gasteiger partial charge is 0.353 e. The Balaban J connectivity index is 1.56. The highest BCUT2D eigenvalue weighted by atomic mass is 35.5. The van der Waals surface area contributed by atoms with E-state index in [1.54, 1.807) is 18.5 Å². The molecule has 38 heavy (non-hydrogen) atoms. The summed E-state index contributed by atoms with van der Waals surface area (Å²) in [7, 11) is 0. The molecule has 0 aliphatic carbocycles. The van der Waals surface area contributed by atoms with E-state index in [1.165, 1.54) is 35.3 Å². The molecular weight excluding hydrogens is 598 g/mol. The minimum absolute atomic E-state index is 0.0272. The second kappa shape index (κ2) is 11.8. The van der Waals surface area contributed by atoms with Gasteiger partial charge in [0.25, 0.3) is 11.8 Å². The number of amides is 3. The van der Waals surface area contributed by atoms with Gasteiger partial charge in [-0.1, -0.05) is 39.9 Å². The van der Waals surface area contributed by atoms with Gasteiger partial charge in [0.1, 0.15) is 32.5 Å². The Bertz CT molecular complexity index is 1370.